The van der Waals surface area contributed by atoms with Gasteiger partial charge in [0.15, 0.2) is 0 Å². The van der Waals surface area contributed by atoms with Gasteiger partial charge in [-0.15, -0.1) is 0 Å². The van der Waals surface area contributed by atoms with Crippen LogP contribution in [0.1, 0.15) is 52.4 Å². The highest BCUT2D eigenvalue weighted by atomic mass is 16.3. The second kappa shape index (κ2) is 7.67. The van der Waals surface area contributed by atoms with Crippen LogP contribution in [0.15, 0.2) is 0 Å². The van der Waals surface area contributed by atoms with E-state index in [2.05, 4.69) is 17.6 Å². The standard InChI is InChI=1S/C13H26N2O2/c1-3-6-10(2)15-13(17)9-14-11-7-4-5-8-12(11)16/h10-12,14,16H,3-9H2,1-2H3,(H,15,17). The van der Waals surface area contributed by atoms with Gasteiger partial charge < -0.3 is 15.7 Å². The van der Waals surface area contributed by atoms with Gasteiger partial charge in [0.1, 0.15) is 0 Å². The zero-order valence-corrected chi connectivity index (χ0v) is 11.0. The fourth-order valence-corrected chi connectivity index (χ4v) is 2.40. The van der Waals surface area contributed by atoms with Crippen molar-refractivity contribution in [3.63, 3.8) is 0 Å². The number of amides is 1. The summed E-state index contributed by atoms with van der Waals surface area (Å²) in [5.74, 6) is 0.0312. The van der Waals surface area contributed by atoms with Crippen molar-refractivity contribution < 1.29 is 9.90 Å². The van der Waals surface area contributed by atoms with E-state index >= 15 is 0 Å². The van der Waals surface area contributed by atoms with Crippen LogP contribution in [-0.4, -0.2) is 35.7 Å². The molecule has 100 valence electrons. The SMILES string of the molecule is CCCC(C)NC(=O)CNC1CCCCC1O. The lowest BCUT2D eigenvalue weighted by molar-refractivity contribution is -0.121. The van der Waals surface area contributed by atoms with Crippen molar-refractivity contribution >= 4 is 5.91 Å². The second-order valence-corrected chi connectivity index (χ2v) is 5.10. The highest BCUT2D eigenvalue weighted by Gasteiger charge is 2.22. The molecule has 0 saturated heterocycles. The Morgan fingerprint density at radius 3 is 2.76 bits per heavy atom. The van der Waals surface area contributed by atoms with E-state index in [4.69, 9.17) is 0 Å². The number of hydrogen-bond donors (Lipinski definition) is 3. The van der Waals surface area contributed by atoms with Gasteiger partial charge in [-0.3, -0.25) is 4.79 Å². The molecule has 17 heavy (non-hydrogen) atoms. The van der Waals surface area contributed by atoms with Crippen LogP contribution in [0.25, 0.3) is 0 Å². The van der Waals surface area contributed by atoms with Gasteiger partial charge in [0.2, 0.25) is 5.91 Å². The Balaban J connectivity index is 2.18. The summed E-state index contributed by atoms with van der Waals surface area (Å²) in [6.07, 6.45) is 5.87. The van der Waals surface area contributed by atoms with E-state index in [-0.39, 0.29) is 24.1 Å². The number of carbonyl (C=O) groups is 1. The zero-order valence-electron chi connectivity index (χ0n) is 11.0. The minimum Gasteiger partial charge on any atom is -0.392 e. The Kier molecular flexibility index (Phi) is 6.52. The molecule has 0 spiro atoms. The van der Waals surface area contributed by atoms with Crippen LogP contribution in [0.3, 0.4) is 0 Å². The summed E-state index contributed by atoms with van der Waals surface area (Å²) < 4.78 is 0. The summed E-state index contributed by atoms with van der Waals surface area (Å²) >= 11 is 0. The molecule has 0 aromatic rings. The maximum atomic E-state index is 11.6. The molecular weight excluding hydrogens is 216 g/mol. The summed E-state index contributed by atoms with van der Waals surface area (Å²) in [5.41, 5.74) is 0. The molecule has 1 aliphatic rings. The maximum absolute atomic E-state index is 11.6. The molecule has 3 unspecified atom stereocenters. The van der Waals surface area contributed by atoms with Crippen molar-refractivity contribution in [3.8, 4) is 0 Å². The quantitative estimate of drug-likeness (QED) is 0.655. The van der Waals surface area contributed by atoms with Crippen molar-refractivity contribution in [1.29, 1.82) is 0 Å². The molecule has 0 aromatic carbocycles. The molecule has 1 rings (SSSR count). The first-order valence-corrected chi connectivity index (χ1v) is 6.84. The number of nitrogens with one attached hydrogen (secondary N) is 2. The lowest BCUT2D eigenvalue weighted by Gasteiger charge is -2.28. The third kappa shape index (κ3) is 5.50. The van der Waals surface area contributed by atoms with E-state index in [1.54, 1.807) is 0 Å². The predicted octanol–water partition coefficient (Wildman–Crippen LogP) is 1.18. The van der Waals surface area contributed by atoms with Gasteiger partial charge in [-0.05, 0) is 26.2 Å². The molecule has 4 heteroatoms. The normalized spacial score (nSPS) is 26.5. The van der Waals surface area contributed by atoms with Crippen LogP contribution in [-0.2, 0) is 4.79 Å². The number of rotatable bonds is 6. The van der Waals surface area contributed by atoms with Gasteiger partial charge in [-0.1, -0.05) is 26.2 Å². The molecule has 1 fully saturated rings. The van der Waals surface area contributed by atoms with E-state index in [1.165, 1.54) is 0 Å². The number of aliphatic hydroxyl groups excluding tert-OH is 1. The Labute approximate surface area is 104 Å². The van der Waals surface area contributed by atoms with Crippen molar-refractivity contribution in [2.75, 3.05) is 6.54 Å². The average Bonchev–Trinajstić information content (AvgIpc) is 2.28. The number of hydrogen-bond acceptors (Lipinski definition) is 3. The molecular formula is C13H26N2O2. The van der Waals surface area contributed by atoms with E-state index in [1.807, 2.05) is 6.92 Å². The highest BCUT2D eigenvalue weighted by Crippen LogP contribution is 2.17. The minimum absolute atomic E-state index is 0.0312. The number of carbonyl (C=O) groups excluding carboxylic acids is 1. The monoisotopic (exact) mass is 242 g/mol. The van der Waals surface area contributed by atoms with Crippen molar-refractivity contribution in [2.45, 2.75) is 70.6 Å². The Morgan fingerprint density at radius 1 is 1.41 bits per heavy atom. The Hall–Kier alpha value is -0.610. The van der Waals surface area contributed by atoms with Gasteiger partial charge >= 0.3 is 0 Å². The summed E-state index contributed by atoms with van der Waals surface area (Å²) in [6, 6.07) is 0.335. The van der Waals surface area contributed by atoms with Crippen molar-refractivity contribution in [1.82, 2.24) is 10.6 Å². The van der Waals surface area contributed by atoms with Crippen LogP contribution in [0.5, 0.6) is 0 Å². The first-order valence-electron chi connectivity index (χ1n) is 6.84. The largest absolute Gasteiger partial charge is 0.392 e. The van der Waals surface area contributed by atoms with Gasteiger partial charge in [0, 0.05) is 12.1 Å². The summed E-state index contributed by atoms with van der Waals surface area (Å²) in [6.45, 7) is 4.45. The lowest BCUT2D eigenvalue weighted by atomic mass is 9.92. The molecule has 0 aromatic heterocycles. The third-order valence-electron chi connectivity index (χ3n) is 3.38. The lowest BCUT2D eigenvalue weighted by Crippen LogP contribution is -2.47. The molecule has 0 heterocycles. The molecule has 0 radical (unpaired) electrons. The topological polar surface area (TPSA) is 61.4 Å². The Morgan fingerprint density at radius 2 is 2.12 bits per heavy atom. The summed E-state index contributed by atoms with van der Waals surface area (Å²) in [7, 11) is 0. The highest BCUT2D eigenvalue weighted by molar-refractivity contribution is 5.78. The first kappa shape index (κ1) is 14.5. The molecule has 1 aliphatic carbocycles. The molecule has 3 N–H and O–H groups in total. The van der Waals surface area contributed by atoms with Gasteiger partial charge in [-0.25, -0.2) is 0 Å². The van der Waals surface area contributed by atoms with Gasteiger partial charge in [0.25, 0.3) is 0 Å². The molecule has 0 bridgehead atoms. The van der Waals surface area contributed by atoms with Crippen LogP contribution in [0.2, 0.25) is 0 Å². The maximum Gasteiger partial charge on any atom is 0.234 e. The van der Waals surface area contributed by atoms with Crippen LogP contribution in [0.4, 0.5) is 0 Å². The third-order valence-corrected chi connectivity index (χ3v) is 3.38. The fourth-order valence-electron chi connectivity index (χ4n) is 2.40. The molecule has 4 nitrogen and oxygen atoms in total. The second-order valence-electron chi connectivity index (χ2n) is 5.10. The predicted molar refractivity (Wildman–Crippen MR) is 68.8 cm³/mol. The Bertz CT molecular complexity index is 233. The smallest absolute Gasteiger partial charge is 0.234 e. The van der Waals surface area contributed by atoms with Crippen molar-refractivity contribution in [3.05, 3.63) is 0 Å². The van der Waals surface area contributed by atoms with E-state index < -0.39 is 0 Å². The summed E-state index contributed by atoms with van der Waals surface area (Å²) in [4.78, 5) is 11.6. The van der Waals surface area contributed by atoms with Crippen LogP contribution in [0, 0.1) is 0 Å². The van der Waals surface area contributed by atoms with Gasteiger partial charge in [0.05, 0.1) is 12.6 Å². The van der Waals surface area contributed by atoms with Crippen molar-refractivity contribution in [2.24, 2.45) is 0 Å². The summed E-state index contributed by atoms with van der Waals surface area (Å²) in [5, 5.41) is 15.9. The van der Waals surface area contributed by atoms with Crippen LogP contribution >= 0.6 is 0 Å². The van der Waals surface area contributed by atoms with Gasteiger partial charge in [-0.2, -0.15) is 0 Å². The first-order chi connectivity index (χ1) is 8.13. The average molecular weight is 242 g/mol. The minimum atomic E-state index is -0.287. The van der Waals surface area contributed by atoms with E-state index in [9.17, 15) is 9.90 Å². The number of aliphatic hydroxyl groups is 1. The molecule has 1 amide bonds. The van der Waals surface area contributed by atoms with Crippen LogP contribution < -0.4 is 10.6 Å². The zero-order chi connectivity index (χ0) is 12.7. The molecule has 0 aliphatic heterocycles. The van der Waals surface area contributed by atoms with E-state index in [0.717, 1.165) is 38.5 Å². The fraction of sp³-hybridized carbons (Fsp3) is 0.923. The van der Waals surface area contributed by atoms with E-state index in [0.29, 0.717) is 6.54 Å². The molecule has 1 saturated carbocycles. The molecule has 3 atom stereocenters.